The zero-order valence-electron chi connectivity index (χ0n) is 3.89. The molecule has 0 bridgehead atoms. The highest BCUT2D eigenvalue weighted by Gasteiger charge is 1.82. The molecule has 0 spiro atoms. The van der Waals surface area contributed by atoms with E-state index in [1.165, 1.54) is 18.7 Å². The van der Waals surface area contributed by atoms with Gasteiger partial charge in [-0.05, 0) is 0 Å². The van der Waals surface area contributed by atoms with Gasteiger partial charge < -0.3 is 0 Å². The lowest BCUT2D eigenvalue weighted by Gasteiger charge is -1.86. The highest BCUT2D eigenvalue weighted by Crippen LogP contribution is 1.78. The molecule has 1 aromatic heterocycles. The molecule has 1 aromatic rings. The summed E-state index contributed by atoms with van der Waals surface area (Å²) in [6, 6.07) is 0. The maximum absolute atomic E-state index is 9.35. The van der Waals surface area contributed by atoms with Gasteiger partial charge in [0.15, 0.2) is 5.34 Å². The molecule has 1 heterocycles. The van der Waals surface area contributed by atoms with E-state index in [4.69, 9.17) is 0 Å². The Bertz CT molecular complexity index is 159. The number of imidazole rings is 1. The molecule has 0 N–H and O–H groups in total. The highest BCUT2D eigenvalue weighted by atomic mass is 16.8. The van der Waals surface area contributed by atoms with Gasteiger partial charge in [-0.15, -0.1) is 9.64 Å². The summed E-state index contributed by atoms with van der Waals surface area (Å²) in [5, 5.41) is 2.15. The third kappa shape index (κ3) is 0.810. The van der Waals surface area contributed by atoms with E-state index in [9.17, 15) is 4.91 Å². The normalized spacial score (nSPS) is 8.50. The Labute approximate surface area is 44.8 Å². The Hall–Kier alpha value is -1.39. The molecule has 0 radical (unpaired) electrons. The van der Waals surface area contributed by atoms with Gasteiger partial charge >= 0.3 is 0 Å². The van der Waals surface area contributed by atoms with Crippen LogP contribution in [0.2, 0.25) is 0 Å². The molecule has 8 heavy (non-hydrogen) atoms. The minimum atomic E-state index is 1.09. The monoisotopic (exact) mass is 113 g/mol. The van der Waals surface area contributed by atoms with Crippen LogP contribution in [0, 0.1) is 4.91 Å². The molecule has 0 aliphatic rings. The van der Waals surface area contributed by atoms with Crippen molar-refractivity contribution in [2.75, 3.05) is 0 Å². The summed E-state index contributed by atoms with van der Waals surface area (Å²) < 4.78 is 1.09. The Kier molecular flexibility index (Phi) is 1.23. The molecule has 0 aliphatic carbocycles. The van der Waals surface area contributed by atoms with Crippen molar-refractivity contribution in [2.45, 2.75) is 0 Å². The van der Waals surface area contributed by atoms with Gasteiger partial charge in [0.25, 0.3) is 0 Å². The van der Waals surface area contributed by atoms with E-state index < -0.39 is 0 Å². The van der Waals surface area contributed by atoms with Crippen LogP contribution in [0.1, 0.15) is 0 Å². The maximum atomic E-state index is 9.35. The first-order chi connectivity index (χ1) is 3.93. The summed E-state index contributed by atoms with van der Waals surface area (Å²) in [6.07, 6.45) is 4.26. The van der Waals surface area contributed by atoms with Gasteiger partial charge in [0.05, 0.1) is 6.20 Å². The van der Waals surface area contributed by atoms with Crippen LogP contribution in [0.5, 0.6) is 0 Å². The van der Waals surface area contributed by atoms with Crippen molar-refractivity contribution in [3.05, 3.63) is 23.6 Å². The number of hydrogen-bond acceptors (Lipinski definition) is 4. The van der Waals surface area contributed by atoms with Gasteiger partial charge in [0, 0.05) is 6.20 Å². The first-order valence-electron chi connectivity index (χ1n) is 1.91. The lowest BCUT2D eigenvalue weighted by molar-refractivity contribution is 0.114. The van der Waals surface area contributed by atoms with Crippen LogP contribution < -0.4 is 4.94 Å². The van der Waals surface area contributed by atoms with Crippen LogP contribution >= 0.6 is 0 Å². The van der Waals surface area contributed by atoms with Crippen molar-refractivity contribution in [1.82, 2.24) is 9.71 Å². The molecule has 1 rings (SSSR count). The molecule has 0 atom stereocenters. The lowest BCUT2D eigenvalue weighted by atomic mass is 11.0. The second-order valence-corrected chi connectivity index (χ2v) is 1.08. The average Bonchev–Trinajstić information content (AvgIpc) is 2.19. The van der Waals surface area contributed by atoms with Gasteiger partial charge in [-0.25, -0.2) is 9.92 Å². The largest absolute Gasteiger partial charge is 0.242 e. The molecule has 0 aliphatic heterocycles. The van der Waals surface area contributed by atoms with Crippen LogP contribution in [0.3, 0.4) is 0 Å². The number of hydrogen-bond donors (Lipinski definition) is 0. The summed E-state index contributed by atoms with van der Waals surface area (Å²) in [5.74, 6) is 0. The minimum absolute atomic E-state index is 1.09. The first-order valence-corrected chi connectivity index (χ1v) is 1.91. The van der Waals surface area contributed by atoms with Crippen LogP contribution in [0.15, 0.2) is 24.1 Å². The SMILES string of the molecule is O=NOn1ccnc1. The summed E-state index contributed by atoms with van der Waals surface area (Å²) >= 11 is 0. The Morgan fingerprint density at radius 3 is 3.12 bits per heavy atom. The molecular weight excluding hydrogens is 110 g/mol. The van der Waals surface area contributed by atoms with Crippen molar-refractivity contribution < 1.29 is 4.94 Å². The molecule has 0 fully saturated rings. The Balaban J connectivity index is 2.62. The molecular formula is C3H3N3O2. The zero-order valence-corrected chi connectivity index (χ0v) is 3.89. The highest BCUT2D eigenvalue weighted by molar-refractivity contribution is 4.68. The standard InChI is InChI=1S/C3H3N3O2/c7-5-8-6-2-1-4-3-6/h1-3H. The summed E-state index contributed by atoms with van der Waals surface area (Å²) in [6.45, 7) is 0. The molecule has 42 valence electrons. The van der Waals surface area contributed by atoms with Crippen molar-refractivity contribution in [1.29, 1.82) is 0 Å². The fourth-order valence-electron chi connectivity index (χ4n) is 0.334. The Morgan fingerprint density at radius 2 is 2.62 bits per heavy atom. The van der Waals surface area contributed by atoms with Gasteiger partial charge in [-0.3, -0.25) is 0 Å². The molecule has 5 heteroatoms. The summed E-state index contributed by atoms with van der Waals surface area (Å²) in [5.41, 5.74) is 0. The Morgan fingerprint density at radius 1 is 1.75 bits per heavy atom. The number of rotatable bonds is 2. The van der Waals surface area contributed by atoms with Gasteiger partial charge in [0.2, 0.25) is 0 Å². The van der Waals surface area contributed by atoms with Crippen molar-refractivity contribution in [3.8, 4) is 0 Å². The van der Waals surface area contributed by atoms with Crippen LogP contribution in [0.4, 0.5) is 0 Å². The topological polar surface area (TPSA) is 56.5 Å². The third-order valence-electron chi connectivity index (χ3n) is 0.608. The maximum Gasteiger partial charge on any atom is 0.182 e. The summed E-state index contributed by atoms with van der Waals surface area (Å²) in [4.78, 5) is 17.0. The first kappa shape index (κ1) is 4.76. The number of aromatic nitrogens is 2. The van der Waals surface area contributed by atoms with Crippen LogP contribution in [-0.4, -0.2) is 9.71 Å². The van der Waals surface area contributed by atoms with Gasteiger partial charge in [-0.2, -0.15) is 0 Å². The van der Waals surface area contributed by atoms with E-state index in [0.717, 1.165) is 4.73 Å². The quantitative estimate of drug-likeness (QED) is 0.400. The molecule has 0 saturated carbocycles. The van der Waals surface area contributed by atoms with Crippen LogP contribution in [-0.2, 0) is 0 Å². The van der Waals surface area contributed by atoms with Crippen LogP contribution in [0.25, 0.3) is 0 Å². The predicted octanol–water partition coefficient (Wildman–Crippen LogP) is -0.00690. The fourth-order valence-corrected chi connectivity index (χ4v) is 0.334. The van der Waals surface area contributed by atoms with E-state index in [1.807, 2.05) is 0 Å². The van der Waals surface area contributed by atoms with Crippen molar-refractivity contribution in [2.24, 2.45) is 5.34 Å². The van der Waals surface area contributed by atoms with Crippen molar-refractivity contribution in [3.63, 3.8) is 0 Å². The van der Waals surface area contributed by atoms with E-state index in [2.05, 4.69) is 15.3 Å². The molecule has 5 nitrogen and oxygen atoms in total. The van der Waals surface area contributed by atoms with E-state index in [1.54, 1.807) is 0 Å². The fraction of sp³-hybridized carbons (Fsp3) is 0. The molecule has 0 unspecified atom stereocenters. The van der Waals surface area contributed by atoms with Crippen molar-refractivity contribution >= 4 is 0 Å². The third-order valence-corrected chi connectivity index (χ3v) is 0.608. The number of nitrogens with zero attached hydrogens (tertiary/aromatic N) is 3. The molecule has 0 aromatic carbocycles. The van der Waals surface area contributed by atoms with E-state index in [0.29, 0.717) is 0 Å². The minimum Gasteiger partial charge on any atom is -0.242 e. The molecule has 0 saturated heterocycles. The molecule has 0 amide bonds. The predicted molar refractivity (Wildman–Crippen MR) is 24.6 cm³/mol. The second kappa shape index (κ2) is 2.06. The van der Waals surface area contributed by atoms with Gasteiger partial charge in [0.1, 0.15) is 6.33 Å². The lowest BCUT2D eigenvalue weighted by Crippen LogP contribution is -1.98. The average molecular weight is 113 g/mol. The van der Waals surface area contributed by atoms with E-state index >= 15 is 0 Å². The second-order valence-electron chi connectivity index (χ2n) is 1.08. The summed E-state index contributed by atoms with van der Waals surface area (Å²) in [7, 11) is 0. The van der Waals surface area contributed by atoms with E-state index in [-0.39, 0.29) is 0 Å². The smallest absolute Gasteiger partial charge is 0.182 e. The van der Waals surface area contributed by atoms with Gasteiger partial charge in [-0.1, -0.05) is 0 Å². The zero-order chi connectivity index (χ0) is 5.82.